The summed E-state index contributed by atoms with van der Waals surface area (Å²) in [5.41, 5.74) is 0.467. The Morgan fingerprint density at radius 2 is 1.57 bits per heavy atom. The highest BCUT2D eigenvalue weighted by atomic mass is 35.5. The Morgan fingerprint density at radius 3 is 2.18 bits per heavy atom. The molecule has 1 aromatic rings. The van der Waals surface area contributed by atoms with E-state index in [9.17, 15) is 14.4 Å². The minimum absolute atomic E-state index is 0.0149. The van der Waals surface area contributed by atoms with Gasteiger partial charge >= 0.3 is 0 Å². The van der Waals surface area contributed by atoms with Gasteiger partial charge in [-0.05, 0) is 63.3 Å². The smallest absolute Gasteiger partial charge is 0.251 e. The van der Waals surface area contributed by atoms with Crippen LogP contribution in [0.2, 0.25) is 5.02 Å². The number of nitrogens with one attached hydrogen (secondary N) is 1. The lowest BCUT2D eigenvalue weighted by molar-refractivity contribution is -0.141. The maximum Gasteiger partial charge on any atom is 0.251 e. The van der Waals surface area contributed by atoms with E-state index in [-0.39, 0.29) is 23.6 Å². The van der Waals surface area contributed by atoms with Crippen molar-refractivity contribution in [3.05, 3.63) is 34.9 Å². The molecule has 1 aromatic carbocycles. The molecule has 6 nitrogen and oxygen atoms in total. The van der Waals surface area contributed by atoms with Crippen LogP contribution in [0.3, 0.4) is 0 Å². The Morgan fingerprint density at radius 1 is 0.964 bits per heavy atom. The standard InChI is InChI=1S/C21H28ClN3O3/c1-15(23-19(26)16-5-7-18(22)8-6-16)20(27)25-13-9-17(10-14-25)21(28)24-11-3-2-4-12-24/h5-8,15,17H,2-4,9-14H2,1H3,(H,23,26). The maximum atomic E-state index is 12.7. The quantitative estimate of drug-likeness (QED) is 0.837. The lowest BCUT2D eigenvalue weighted by atomic mass is 9.94. The fourth-order valence-corrected chi connectivity index (χ4v) is 4.06. The SMILES string of the molecule is CC(NC(=O)c1ccc(Cl)cc1)C(=O)N1CCC(C(=O)N2CCCCC2)CC1. The normalized spacial score (nSPS) is 19.2. The Hall–Kier alpha value is -2.08. The van der Waals surface area contributed by atoms with Crippen LogP contribution >= 0.6 is 11.6 Å². The Labute approximate surface area is 171 Å². The molecule has 1 atom stereocenters. The topological polar surface area (TPSA) is 69.7 Å². The minimum Gasteiger partial charge on any atom is -0.342 e. The van der Waals surface area contributed by atoms with Crippen LogP contribution in [-0.4, -0.2) is 59.7 Å². The van der Waals surface area contributed by atoms with Crippen LogP contribution in [-0.2, 0) is 9.59 Å². The number of hydrogen-bond acceptors (Lipinski definition) is 3. The molecule has 0 bridgehead atoms. The van der Waals surface area contributed by atoms with Crippen LogP contribution in [0.5, 0.6) is 0 Å². The van der Waals surface area contributed by atoms with E-state index in [1.54, 1.807) is 36.1 Å². The number of carbonyl (C=O) groups excluding carboxylic acids is 3. The zero-order valence-electron chi connectivity index (χ0n) is 16.3. The molecular weight excluding hydrogens is 378 g/mol. The van der Waals surface area contributed by atoms with Crippen molar-refractivity contribution >= 4 is 29.3 Å². The fourth-order valence-electron chi connectivity index (χ4n) is 3.94. The third kappa shape index (κ3) is 5.04. The van der Waals surface area contributed by atoms with Gasteiger partial charge in [-0.1, -0.05) is 11.6 Å². The summed E-state index contributed by atoms with van der Waals surface area (Å²) in [7, 11) is 0. The molecule has 3 rings (SSSR count). The summed E-state index contributed by atoms with van der Waals surface area (Å²) >= 11 is 5.84. The second-order valence-electron chi connectivity index (χ2n) is 7.69. The number of piperidine rings is 2. The first-order chi connectivity index (χ1) is 13.5. The number of nitrogens with zero attached hydrogens (tertiary/aromatic N) is 2. The lowest BCUT2D eigenvalue weighted by Crippen LogP contribution is -2.51. The summed E-state index contributed by atoms with van der Waals surface area (Å²) in [5, 5.41) is 3.31. The molecule has 0 aliphatic carbocycles. The van der Waals surface area contributed by atoms with Crippen LogP contribution in [0.4, 0.5) is 0 Å². The van der Waals surface area contributed by atoms with Crippen LogP contribution < -0.4 is 5.32 Å². The molecule has 0 spiro atoms. The maximum absolute atomic E-state index is 12.7. The Kier molecular flexibility index (Phi) is 6.94. The molecule has 0 aromatic heterocycles. The summed E-state index contributed by atoms with van der Waals surface area (Å²) in [6.07, 6.45) is 4.77. The van der Waals surface area contributed by atoms with Gasteiger partial charge in [0.05, 0.1) is 0 Å². The molecule has 7 heteroatoms. The van der Waals surface area contributed by atoms with Crippen molar-refractivity contribution in [1.82, 2.24) is 15.1 Å². The predicted octanol–water partition coefficient (Wildman–Crippen LogP) is 2.71. The van der Waals surface area contributed by atoms with Crippen molar-refractivity contribution in [2.24, 2.45) is 5.92 Å². The van der Waals surface area contributed by atoms with E-state index < -0.39 is 6.04 Å². The van der Waals surface area contributed by atoms with Crippen LogP contribution in [0.15, 0.2) is 24.3 Å². The lowest BCUT2D eigenvalue weighted by Gasteiger charge is -2.36. The van der Waals surface area contributed by atoms with Gasteiger partial charge in [-0.25, -0.2) is 0 Å². The van der Waals surface area contributed by atoms with Crippen molar-refractivity contribution in [3.8, 4) is 0 Å². The van der Waals surface area contributed by atoms with Gasteiger partial charge in [-0.15, -0.1) is 0 Å². The number of hydrogen-bond donors (Lipinski definition) is 1. The highest BCUT2D eigenvalue weighted by Gasteiger charge is 2.32. The Bertz CT molecular complexity index is 708. The number of carbonyl (C=O) groups is 3. The summed E-state index contributed by atoms with van der Waals surface area (Å²) in [6, 6.07) is 5.94. The van der Waals surface area contributed by atoms with Gasteiger partial charge in [-0.3, -0.25) is 14.4 Å². The van der Waals surface area contributed by atoms with Gasteiger partial charge in [-0.2, -0.15) is 0 Å². The molecule has 2 saturated heterocycles. The largest absolute Gasteiger partial charge is 0.342 e. The highest BCUT2D eigenvalue weighted by Crippen LogP contribution is 2.22. The molecule has 2 heterocycles. The van der Waals surface area contributed by atoms with E-state index in [2.05, 4.69) is 5.32 Å². The molecule has 0 radical (unpaired) electrons. The van der Waals surface area contributed by atoms with E-state index >= 15 is 0 Å². The van der Waals surface area contributed by atoms with Crippen LogP contribution in [0.25, 0.3) is 0 Å². The van der Waals surface area contributed by atoms with E-state index in [4.69, 9.17) is 11.6 Å². The van der Waals surface area contributed by atoms with Gasteiger partial charge in [0.15, 0.2) is 0 Å². The van der Waals surface area contributed by atoms with Crippen molar-refractivity contribution in [2.75, 3.05) is 26.2 Å². The van der Waals surface area contributed by atoms with E-state index in [1.165, 1.54) is 6.42 Å². The van der Waals surface area contributed by atoms with E-state index in [0.29, 0.717) is 36.5 Å². The molecule has 0 saturated carbocycles. The van der Waals surface area contributed by atoms with Crippen molar-refractivity contribution in [3.63, 3.8) is 0 Å². The molecule has 2 aliphatic heterocycles. The number of halogens is 1. The third-order valence-corrected chi connectivity index (χ3v) is 5.90. The number of amides is 3. The highest BCUT2D eigenvalue weighted by molar-refractivity contribution is 6.30. The van der Waals surface area contributed by atoms with Gasteiger partial charge in [0.1, 0.15) is 6.04 Å². The molecule has 2 aliphatic rings. The molecule has 1 unspecified atom stereocenters. The monoisotopic (exact) mass is 405 g/mol. The second-order valence-corrected chi connectivity index (χ2v) is 8.12. The first-order valence-corrected chi connectivity index (χ1v) is 10.5. The first-order valence-electron chi connectivity index (χ1n) is 10.1. The summed E-state index contributed by atoms with van der Waals surface area (Å²) < 4.78 is 0. The minimum atomic E-state index is -0.613. The van der Waals surface area contributed by atoms with Gasteiger partial charge in [0.2, 0.25) is 11.8 Å². The van der Waals surface area contributed by atoms with Crippen molar-refractivity contribution < 1.29 is 14.4 Å². The summed E-state index contributed by atoms with van der Waals surface area (Å²) in [6.45, 7) is 4.55. The second kappa shape index (κ2) is 9.41. The molecule has 3 amide bonds. The van der Waals surface area contributed by atoms with Gasteiger partial charge in [0, 0.05) is 42.7 Å². The molecule has 152 valence electrons. The zero-order chi connectivity index (χ0) is 20.1. The van der Waals surface area contributed by atoms with E-state index in [0.717, 1.165) is 25.9 Å². The average Bonchev–Trinajstić information content (AvgIpc) is 2.73. The third-order valence-electron chi connectivity index (χ3n) is 5.65. The number of likely N-dealkylation sites (tertiary alicyclic amines) is 2. The van der Waals surface area contributed by atoms with Gasteiger partial charge < -0.3 is 15.1 Å². The first kappa shape index (κ1) is 20.6. The van der Waals surface area contributed by atoms with Crippen molar-refractivity contribution in [2.45, 2.75) is 45.1 Å². The number of benzene rings is 1. The van der Waals surface area contributed by atoms with Crippen LogP contribution in [0, 0.1) is 5.92 Å². The summed E-state index contributed by atoms with van der Waals surface area (Å²) in [5.74, 6) is -0.143. The van der Waals surface area contributed by atoms with Gasteiger partial charge in [0.25, 0.3) is 5.91 Å². The van der Waals surface area contributed by atoms with Crippen molar-refractivity contribution in [1.29, 1.82) is 0 Å². The molecular formula is C21H28ClN3O3. The van der Waals surface area contributed by atoms with Crippen LogP contribution in [0.1, 0.15) is 49.4 Å². The zero-order valence-corrected chi connectivity index (χ0v) is 17.1. The average molecular weight is 406 g/mol. The Balaban J connectivity index is 1.48. The molecule has 1 N–H and O–H groups in total. The summed E-state index contributed by atoms with van der Waals surface area (Å²) in [4.78, 5) is 41.4. The van der Waals surface area contributed by atoms with E-state index in [1.807, 2.05) is 4.90 Å². The predicted molar refractivity (Wildman–Crippen MR) is 108 cm³/mol. The molecule has 2 fully saturated rings. The fraction of sp³-hybridized carbons (Fsp3) is 0.571. The molecule has 28 heavy (non-hydrogen) atoms. The number of rotatable bonds is 4.